The summed E-state index contributed by atoms with van der Waals surface area (Å²) in [6, 6.07) is 6.26. The highest BCUT2D eigenvalue weighted by Crippen LogP contribution is 2.37. The predicted molar refractivity (Wildman–Crippen MR) is 91.3 cm³/mol. The summed E-state index contributed by atoms with van der Waals surface area (Å²) in [4.78, 5) is 0.666. The average Bonchev–Trinajstić information content (AvgIpc) is 3.28. The molecule has 21 heavy (non-hydrogen) atoms. The zero-order chi connectivity index (χ0) is 15.0. The molecular formula is C16H23BrN2OS. The van der Waals surface area contributed by atoms with Crippen LogP contribution in [0.4, 0.5) is 5.69 Å². The first-order chi connectivity index (χ1) is 9.96. The minimum absolute atomic E-state index is 0.0723. The van der Waals surface area contributed by atoms with Gasteiger partial charge in [-0.05, 0) is 78.6 Å². The van der Waals surface area contributed by atoms with Crippen molar-refractivity contribution in [3.8, 4) is 0 Å². The van der Waals surface area contributed by atoms with Gasteiger partial charge in [-0.3, -0.25) is 0 Å². The molecule has 116 valence electrons. The van der Waals surface area contributed by atoms with Gasteiger partial charge in [-0.1, -0.05) is 6.92 Å². The van der Waals surface area contributed by atoms with Gasteiger partial charge in [-0.2, -0.15) is 0 Å². The maximum atomic E-state index is 12.5. The zero-order valence-electron chi connectivity index (χ0n) is 12.4. The summed E-state index contributed by atoms with van der Waals surface area (Å²) in [5.41, 5.74) is 1.06. The van der Waals surface area contributed by atoms with E-state index in [4.69, 9.17) is 4.78 Å². The molecule has 1 aromatic carbocycles. The molecule has 1 unspecified atom stereocenters. The molecular weight excluding hydrogens is 348 g/mol. The third kappa shape index (κ3) is 3.45. The van der Waals surface area contributed by atoms with Crippen LogP contribution in [0.15, 0.2) is 27.6 Å². The van der Waals surface area contributed by atoms with Crippen LogP contribution in [0.3, 0.4) is 0 Å². The predicted octanol–water partition coefficient (Wildman–Crippen LogP) is 5.01. The van der Waals surface area contributed by atoms with Gasteiger partial charge in [0.15, 0.2) is 0 Å². The molecule has 3 rings (SSSR count). The second kappa shape index (κ2) is 5.92. The molecule has 0 aliphatic heterocycles. The number of nitrogens with one attached hydrogen (secondary N) is 2. The first-order valence-electron chi connectivity index (χ1n) is 7.80. The molecule has 1 atom stereocenters. The van der Waals surface area contributed by atoms with Crippen molar-refractivity contribution in [3.63, 3.8) is 0 Å². The first kappa shape index (κ1) is 15.3. The molecule has 0 radical (unpaired) electrons. The molecule has 0 saturated heterocycles. The minimum atomic E-state index is -2.60. The Morgan fingerprint density at radius 3 is 2.43 bits per heavy atom. The third-order valence-corrected chi connectivity index (χ3v) is 7.68. The Labute approximate surface area is 136 Å². The van der Waals surface area contributed by atoms with Crippen molar-refractivity contribution in [2.24, 2.45) is 5.92 Å². The van der Waals surface area contributed by atoms with Gasteiger partial charge in [-0.15, -0.1) is 0 Å². The van der Waals surface area contributed by atoms with E-state index < -0.39 is 9.73 Å². The number of benzene rings is 1. The quantitative estimate of drug-likeness (QED) is 0.782. The lowest BCUT2D eigenvalue weighted by atomic mass is 9.87. The zero-order valence-corrected chi connectivity index (χ0v) is 14.8. The van der Waals surface area contributed by atoms with Gasteiger partial charge in [0.05, 0.1) is 9.73 Å². The lowest BCUT2D eigenvalue weighted by Gasteiger charge is -2.28. The summed E-state index contributed by atoms with van der Waals surface area (Å²) >= 11 is 3.58. The number of hydrogen-bond donors (Lipinski definition) is 2. The van der Waals surface area contributed by atoms with E-state index in [1.807, 2.05) is 18.2 Å². The number of anilines is 1. The smallest absolute Gasteiger partial charge is 0.0755 e. The van der Waals surface area contributed by atoms with Gasteiger partial charge in [0.25, 0.3) is 0 Å². The first-order valence-corrected chi connectivity index (χ1v) is 10.2. The van der Waals surface area contributed by atoms with Gasteiger partial charge in [0.2, 0.25) is 0 Å². The molecule has 0 bridgehead atoms. The Bertz CT molecular complexity index is 617. The summed E-state index contributed by atoms with van der Waals surface area (Å²) < 4.78 is 21.5. The lowest BCUT2D eigenvalue weighted by Crippen LogP contribution is -2.25. The van der Waals surface area contributed by atoms with Crippen LogP contribution in [0.25, 0.3) is 0 Å². The number of hydrogen-bond acceptors (Lipinski definition) is 3. The Kier molecular flexibility index (Phi) is 4.33. The molecule has 0 spiro atoms. The molecule has 1 aromatic rings. The molecule has 2 aliphatic rings. The molecule has 5 heteroatoms. The maximum absolute atomic E-state index is 12.5. The molecule has 3 nitrogen and oxygen atoms in total. The Hall–Kier alpha value is -0.550. The van der Waals surface area contributed by atoms with Crippen LogP contribution in [-0.4, -0.2) is 15.5 Å². The molecule has 0 aromatic heterocycles. The maximum Gasteiger partial charge on any atom is 0.0755 e. The molecule has 2 saturated carbocycles. The van der Waals surface area contributed by atoms with E-state index in [0.717, 1.165) is 28.9 Å². The van der Waals surface area contributed by atoms with Crippen molar-refractivity contribution in [2.45, 2.75) is 61.6 Å². The van der Waals surface area contributed by atoms with Crippen molar-refractivity contribution in [1.29, 1.82) is 4.78 Å². The normalized spacial score (nSPS) is 28.9. The minimum Gasteiger partial charge on any atom is -0.381 e. The van der Waals surface area contributed by atoms with E-state index in [9.17, 15) is 4.21 Å². The third-order valence-electron chi connectivity index (χ3n) is 4.66. The molecule has 2 aliphatic carbocycles. The summed E-state index contributed by atoms with van der Waals surface area (Å²) in [7, 11) is -2.60. The summed E-state index contributed by atoms with van der Waals surface area (Å²) in [6.07, 6.45) is 6.87. The van der Waals surface area contributed by atoms with Gasteiger partial charge in [0.1, 0.15) is 0 Å². The highest BCUT2D eigenvalue weighted by Gasteiger charge is 2.34. The second-order valence-corrected chi connectivity index (χ2v) is 9.74. The molecule has 2 N–H and O–H groups in total. The van der Waals surface area contributed by atoms with E-state index in [-0.39, 0.29) is 5.25 Å². The Balaban J connectivity index is 1.73. The van der Waals surface area contributed by atoms with Crippen LogP contribution in [0, 0.1) is 10.7 Å². The summed E-state index contributed by atoms with van der Waals surface area (Å²) in [6.45, 7) is 2.32. The topological polar surface area (TPSA) is 53.0 Å². The molecule has 0 heterocycles. The van der Waals surface area contributed by atoms with Crippen LogP contribution in [0.1, 0.15) is 45.4 Å². The van der Waals surface area contributed by atoms with Crippen LogP contribution in [-0.2, 0) is 9.73 Å². The van der Waals surface area contributed by atoms with E-state index in [1.54, 1.807) is 0 Å². The Morgan fingerprint density at radius 1 is 1.19 bits per heavy atom. The van der Waals surface area contributed by atoms with Crippen molar-refractivity contribution >= 4 is 31.3 Å². The highest BCUT2D eigenvalue weighted by molar-refractivity contribution is 9.10. The monoisotopic (exact) mass is 370 g/mol. The van der Waals surface area contributed by atoms with E-state index in [1.165, 1.54) is 25.7 Å². The Morgan fingerprint density at radius 2 is 1.86 bits per heavy atom. The van der Waals surface area contributed by atoms with Crippen molar-refractivity contribution in [2.75, 3.05) is 5.32 Å². The van der Waals surface area contributed by atoms with Gasteiger partial charge in [0, 0.05) is 26.3 Å². The van der Waals surface area contributed by atoms with Gasteiger partial charge >= 0.3 is 0 Å². The van der Waals surface area contributed by atoms with Gasteiger partial charge in [-0.25, -0.2) is 8.99 Å². The lowest BCUT2D eigenvalue weighted by molar-refractivity contribution is 0.361. The van der Waals surface area contributed by atoms with Crippen molar-refractivity contribution in [1.82, 2.24) is 0 Å². The molecule has 2 fully saturated rings. The fourth-order valence-electron chi connectivity index (χ4n) is 3.02. The molecule has 0 amide bonds. The summed E-state index contributed by atoms with van der Waals surface area (Å²) in [5.74, 6) is 0.848. The largest absolute Gasteiger partial charge is 0.381 e. The fourth-order valence-corrected chi connectivity index (χ4v) is 5.41. The number of rotatable bonds is 4. The van der Waals surface area contributed by atoms with Crippen molar-refractivity contribution < 1.29 is 4.21 Å². The van der Waals surface area contributed by atoms with Crippen LogP contribution < -0.4 is 5.32 Å². The van der Waals surface area contributed by atoms with E-state index in [2.05, 4.69) is 28.2 Å². The van der Waals surface area contributed by atoms with Crippen LogP contribution in [0.2, 0.25) is 0 Å². The van der Waals surface area contributed by atoms with E-state index >= 15 is 0 Å². The van der Waals surface area contributed by atoms with Gasteiger partial charge < -0.3 is 5.32 Å². The van der Waals surface area contributed by atoms with Crippen LogP contribution >= 0.6 is 15.9 Å². The van der Waals surface area contributed by atoms with Crippen molar-refractivity contribution in [3.05, 3.63) is 22.7 Å². The standard InChI is InChI=1S/C16H23BrN2OS/c1-11-2-4-12(5-3-11)19-16-9-8-14(10-15(16)17)21(18,20)13-6-7-13/h8-13,18-19H,2-7H2,1H3/t11-,12-,21?. The average molecular weight is 371 g/mol. The second-order valence-electron chi connectivity index (χ2n) is 6.54. The highest BCUT2D eigenvalue weighted by atomic mass is 79.9. The summed E-state index contributed by atoms with van der Waals surface area (Å²) in [5, 5.41) is 3.66. The SMILES string of the molecule is C[C@H]1CC[C@H](Nc2ccc(S(=N)(=O)C3CC3)cc2Br)CC1. The fraction of sp³-hybridized carbons (Fsp3) is 0.625. The van der Waals surface area contributed by atoms with Crippen LogP contribution in [0.5, 0.6) is 0 Å². The van der Waals surface area contributed by atoms with E-state index in [0.29, 0.717) is 10.9 Å². The number of halogens is 1.